The highest BCUT2D eigenvalue weighted by molar-refractivity contribution is 4.81. The third-order valence-corrected chi connectivity index (χ3v) is 1.69. The molecule has 11 heavy (non-hydrogen) atoms. The van der Waals surface area contributed by atoms with Gasteiger partial charge in [-0.3, -0.25) is 0 Å². The van der Waals surface area contributed by atoms with E-state index in [0.29, 0.717) is 0 Å². The number of hydrogen-bond acceptors (Lipinski definition) is 5. The molecule has 0 aromatic carbocycles. The first-order chi connectivity index (χ1) is 5.16. The molecule has 0 aromatic heterocycles. The number of rotatable bonds is 1. The lowest BCUT2D eigenvalue weighted by Crippen LogP contribution is -2.53. The molecular weight excluding hydrogens is 152 g/mol. The fourth-order valence-corrected chi connectivity index (χ4v) is 0.987. The smallest absolute Gasteiger partial charge is 0.185 e. The van der Waals surface area contributed by atoms with Gasteiger partial charge in [-0.15, -0.1) is 0 Å². The highest BCUT2D eigenvalue weighted by Gasteiger charge is 2.37. The largest absolute Gasteiger partial charge is 0.388 e. The van der Waals surface area contributed by atoms with Gasteiger partial charge in [-0.2, -0.15) is 0 Å². The van der Waals surface area contributed by atoms with E-state index in [0.717, 1.165) is 0 Å². The first kappa shape index (κ1) is 8.89. The van der Waals surface area contributed by atoms with Gasteiger partial charge in [-0.1, -0.05) is 0 Å². The highest BCUT2D eigenvalue weighted by atomic mass is 16.7. The van der Waals surface area contributed by atoms with E-state index in [2.05, 4.69) is 4.74 Å². The Hall–Kier alpha value is -0.200. The van der Waals surface area contributed by atoms with Crippen LogP contribution < -0.4 is 0 Å². The van der Waals surface area contributed by atoms with Crippen LogP contribution in [0, 0.1) is 0 Å². The van der Waals surface area contributed by atoms with Gasteiger partial charge in [0.05, 0.1) is 6.61 Å². The Morgan fingerprint density at radius 3 is 2.45 bits per heavy atom. The molecule has 1 rings (SSSR count). The van der Waals surface area contributed by atoms with Crippen molar-refractivity contribution in [2.24, 2.45) is 0 Å². The lowest BCUT2D eigenvalue weighted by molar-refractivity contribution is -0.261. The molecule has 1 aliphatic rings. The van der Waals surface area contributed by atoms with E-state index in [1.807, 2.05) is 0 Å². The summed E-state index contributed by atoms with van der Waals surface area (Å²) in [5.41, 5.74) is 0. The molecule has 1 saturated heterocycles. The van der Waals surface area contributed by atoms with Crippen molar-refractivity contribution in [3.8, 4) is 0 Å². The Labute approximate surface area is 64.2 Å². The summed E-state index contributed by atoms with van der Waals surface area (Å²) in [4.78, 5) is 0. The van der Waals surface area contributed by atoms with Crippen molar-refractivity contribution < 1.29 is 24.8 Å². The van der Waals surface area contributed by atoms with Gasteiger partial charge >= 0.3 is 0 Å². The Morgan fingerprint density at radius 1 is 1.27 bits per heavy atom. The molecule has 0 unspecified atom stereocenters. The van der Waals surface area contributed by atoms with Crippen molar-refractivity contribution >= 4 is 0 Å². The molecule has 0 aromatic rings. The number of ether oxygens (including phenoxy) is 2. The summed E-state index contributed by atoms with van der Waals surface area (Å²) in [5, 5.41) is 27.2. The maximum absolute atomic E-state index is 9.15. The first-order valence-corrected chi connectivity index (χ1v) is 3.35. The normalized spacial score (nSPS) is 45.8. The minimum absolute atomic E-state index is 0.0171. The second kappa shape index (κ2) is 3.46. The summed E-state index contributed by atoms with van der Waals surface area (Å²) in [7, 11) is 1.36. The van der Waals surface area contributed by atoms with Crippen LogP contribution in [0.2, 0.25) is 0 Å². The van der Waals surface area contributed by atoms with Crippen LogP contribution in [0.15, 0.2) is 0 Å². The van der Waals surface area contributed by atoms with Gasteiger partial charge in [0, 0.05) is 7.11 Å². The molecule has 66 valence electrons. The van der Waals surface area contributed by atoms with Crippen LogP contribution in [0.25, 0.3) is 0 Å². The molecule has 1 aliphatic heterocycles. The molecule has 1 fully saturated rings. The summed E-state index contributed by atoms with van der Waals surface area (Å²) < 4.78 is 9.52. The summed E-state index contributed by atoms with van der Waals surface area (Å²) in [5.74, 6) is 0. The Kier molecular flexibility index (Phi) is 2.80. The van der Waals surface area contributed by atoms with Gasteiger partial charge in [0.15, 0.2) is 6.29 Å². The Morgan fingerprint density at radius 2 is 1.91 bits per heavy atom. The second-order valence-electron chi connectivity index (χ2n) is 2.49. The molecule has 5 heteroatoms. The predicted molar refractivity (Wildman–Crippen MR) is 34.8 cm³/mol. The lowest BCUT2D eigenvalue weighted by atomic mass is 10.1. The topological polar surface area (TPSA) is 79.2 Å². The molecule has 3 N–H and O–H groups in total. The van der Waals surface area contributed by atoms with E-state index in [9.17, 15) is 0 Å². The van der Waals surface area contributed by atoms with Gasteiger partial charge in [-0.05, 0) is 0 Å². The third kappa shape index (κ3) is 1.69. The molecule has 0 bridgehead atoms. The number of hydrogen-bond donors (Lipinski definition) is 3. The van der Waals surface area contributed by atoms with E-state index < -0.39 is 24.6 Å². The zero-order valence-corrected chi connectivity index (χ0v) is 6.17. The number of aliphatic hydroxyl groups excluding tert-OH is 3. The van der Waals surface area contributed by atoms with Crippen LogP contribution in [0.1, 0.15) is 0 Å². The molecule has 0 aliphatic carbocycles. The van der Waals surface area contributed by atoms with Crippen LogP contribution in [-0.2, 0) is 9.47 Å². The monoisotopic (exact) mass is 164 g/mol. The molecule has 4 atom stereocenters. The molecular formula is C6H12O5. The standard InChI is InChI=1S/C6H12O5/c1-10-6-5(9)4(8)3(7)2-11-6/h3-9H,2H2,1H3/t3-,4-,5-,6-/m1/s1. The van der Waals surface area contributed by atoms with Crippen LogP contribution in [0.3, 0.4) is 0 Å². The van der Waals surface area contributed by atoms with E-state index in [1.165, 1.54) is 7.11 Å². The predicted octanol–water partition coefficient (Wildman–Crippen LogP) is -1.93. The molecule has 5 nitrogen and oxygen atoms in total. The van der Waals surface area contributed by atoms with Crippen molar-refractivity contribution in [2.75, 3.05) is 13.7 Å². The summed E-state index contributed by atoms with van der Waals surface area (Å²) in [6.45, 7) is -0.0171. The van der Waals surface area contributed by atoms with Gasteiger partial charge < -0.3 is 24.8 Å². The van der Waals surface area contributed by atoms with Crippen LogP contribution in [-0.4, -0.2) is 53.6 Å². The highest BCUT2D eigenvalue weighted by Crippen LogP contribution is 2.15. The van der Waals surface area contributed by atoms with E-state index in [1.54, 1.807) is 0 Å². The van der Waals surface area contributed by atoms with E-state index >= 15 is 0 Å². The van der Waals surface area contributed by atoms with Crippen molar-refractivity contribution in [2.45, 2.75) is 24.6 Å². The average molecular weight is 164 g/mol. The van der Waals surface area contributed by atoms with Crippen molar-refractivity contribution in [3.63, 3.8) is 0 Å². The molecule has 0 amide bonds. The number of methoxy groups -OCH3 is 1. The van der Waals surface area contributed by atoms with Crippen molar-refractivity contribution in [1.29, 1.82) is 0 Å². The SMILES string of the molecule is CO[C@@H]1OC[C@@H](O)[C@@H](O)[C@H]1O. The first-order valence-electron chi connectivity index (χ1n) is 3.35. The third-order valence-electron chi connectivity index (χ3n) is 1.69. The van der Waals surface area contributed by atoms with Gasteiger partial charge in [0.2, 0.25) is 0 Å². The van der Waals surface area contributed by atoms with Gasteiger partial charge in [0.1, 0.15) is 18.3 Å². The van der Waals surface area contributed by atoms with Crippen molar-refractivity contribution in [1.82, 2.24) is 0 Å². The summed E-state index contributed by atoms with van der Waals surface area (Å²) in [6.07, 6.45) is -4.23. The fraction of sp³-hybridized carbons (Fsp3) is 1.00. The molecule has 1 heterocycles. The Bertz CT molecular complexity index is 126. The molecule has 0 radical (unpaired) electrons. The maximum Gasteiger partial charge on any atom is 0.185 e. The summed E-state index contributed by atoms with van der Waals surface area (Å²) >= 11 is 0. The second-order valence-corrected chi connectivity index (χ2v) is 2.49. The quantitative estimate of drug-likeness (QED) is 0.420. The van der Waals surface area contributed by atoms with Gasteiger partial charge in [-0.25, -0.2) is 0 Å². The lowest BCUT2D eigenvalue weighted by Gasteiger charge is -2.33. The van der Waals surface area contributed by atoms with Crippen LogP contribution in [0.5, 0.6) is 0 Å². The molecule has 0 saturated carbocycles. The number of aliphatic hydroxyl groups is 3. The summed E-state index contributed by atoms with van der Waals surface area (Å²) in [6, 6.07) is 0. The van der Waals surface area contributed by atoms with Gasteiger partial charge in [0.25, 0.3) is 0 Å². The Balaban J connectivity index is 2.52. The van der Waals surface area contributed by atoms with E-state index in [-0.39, 0.29) is 6.61 Å². The maximum atomic E-state index is 9.15. The van der Waals surface area contributed by atoms with Crippen molar-refractivity contribution in [3.05, 3.63) is 0 Å². The minimum atomic E-state index is -1.19. The minimum Gasteiger partial charge on any atom is -0.388 e. The van der Waals surface area contributed by atoms with Crippen LogP contribution >= 0.6 is 0 Å². The zero-order valence-electron chi connectivity index (χ0n) is 6.17. The zero-order chi connectivity index (χ0) is 8.43. The average Bonchev–Trinajstić information content (AvgIpc) is 2.01. The molecule has 0 spiro atoms. The van der Waals surface area contributed by atoms with Crippen LogP contribution in [0.4, 0.5) is 0 Å². The fourth-order valence-electron chi connectivity index (χ4n) is 0.987. The van der Waals surface area contributed by atoms with E-state index in [4.69, 9.17) is 20.1 Å².